The molecule has 0 atom stereocenters. The highest BCUT2D eigenvalue weighted by atomic mass is 16.5. The highest BCUT2D eigenvalue weighted by Gasteiger charge is 2.19. The van der Waals surface area contributed by atoms with Crippen LogP contribution in [0.3, 0.4) is 0 Å². The van der Waals surface area contributed by atoms with Gasteiger partial charge in [0.25, 0.3) is 0 Å². The lowest BCUT2D eigenvalue weighted by atomic mass is 9.95. The van der Waals surface area contributed by atoms with Gasteiger partial charge in [-0.15, -0.1) is 0 Å². The number of fused-ring (bicyclic) bond motifs is 1. The Bertz CT molecular complexity index is 854. The van der Waals surface area contributed by atoms with Crippen LogP contribution in [0.1, 0.15) is 32.1 Å². The largest absolute Gasteiger partial charge is 0.491 e. The summed E-state index contributed by atoms with van der Waals surface area (Å²) in [7, 11) is 0. The number of aromatic nitrogens is 3. The molecule has 0 unspecified atom stereocenters. The number of hydrogen-bond donors (Lipinski definition) is 2. The van der Waals surface area contributed by atoms with Gasteiger partial charge in [0.05, 0.1) is 12.8 Å². The SMILES string of the molecule is OCCOc1ccc(-c2nc3cnccn3c2NC2CCCCC2)cc1. The van der Waals surface area contributed by atoms with Crippen molar-refractivity contribution in [1.29, 1.82) is 0 Å². The number of aliphatic hydroxyl groups excluding tert-OH is 1. The molecule has 1 aliphatic carbocycles. The third kappa shape index (κ3) is 3.51. The van der Waals surface area contributed by atoms with E-state index in [1.807, 2.05) is 30.5 Å². The van der Waals surface area contributed by atoms with Crippen molar-refractivity contribution in [2.45, 2.75) is 38.1 Å². The standard InChI is InChI=1S/C20H24N4O2/c25-12-13-26-17-8-6-15(7-9-17)19-20(22-16-4-2-1-3-5-16)24-11-10-21-14-18(24)23-19/h6-11,14,16,22,25H,1-5,12-13H2. The van der Waals surface area contributed by atoms with Gasteiger partial charge in [-0.2, -0.15) is 0 Å². The van der Waals surface area contributed by atoms with E-state index in [0.29, 0.717) is 12.6 Å². The highest BCUT2D eigenvalue weighted by Crippen LogP contribution is 2.32. The molecule has 0 amide bonds. The molecule has 2 aromatic heterocycles. The molecule has 26 heavy (non-hydrogen) atoms. The van der Waals surface area contributed by atoms with E-state index >= 15 is 0 Å². The Hall–Kier alpha value is -2.60. The van der Waals surface area contributed by atoms with E-state index in [1.54, 1.807) is 12.4 Å². The van der Waals surface area contributed by atoms with Crippen LogP contribution >= 0.6 is 0 Å². The molecule has 0 saturated heterocycles. The monoisotopic (exact) mass is 352 g/mol. The normalized spacial score (nSPS) is 15.3. The molecule has 2 N–H and O–H groups in total. The minimum Gasteiger partial charge on any atom is -0.491 e. The van der Waals surface area contributed by atoms with Gasteiger partial charge in [0.1, 0.15) is 23.9 Å². The number of benzene rings is 1. The molecule has 1 aliphatic rings. The number of nitrogens with one attached hydrogen (secondary N) is 1. The second-order valence-electron chi connectivity index (χ2n) is 6.69. The summed E-state index contributed by atoms with van der Waals surface area (Å²) in [5.74, 6) is 1.77. The van der Waals surface area contributed by atoms with E-state index in [0.717, 1.165) is 28.5 Å². The molecule has 6 nitrogen and oxygen atoms in total. The van der Waals surface area contributed by atoms with Gasteiger partial charge in [-0.25, -0.2) is 4.98 Å². The first-order valence-electron chi connectivity index (χ1n) is 9.28. The molecule has 3 aromatic rings. The molecule has 2 heterocycles. The fourth-order valence-corrected chi connectivity index (χ4v) is 3.56. The fourth-order valence-electron chi connectivity index (χ4n) is 3.56. The summed E-state index contributed by atoms with van der Waals surface area (Å²) in [6, 6.07) is 8.33. The van der Waals surface area contributed by atoms with E-state index in [-0.39, 0.29) is 6.61 Å². The van der Waals surface area contributed by atoms with E-state index in [4.69, 9.17) is 14.8 Å². The van der Waals surface area contributed by atoms with Crippen molar-refractivity contribution >= 4 is 11.5 Å². The Morgan fingerprint density at radius 1 is 1.15 bits per heavy atom. The Balaban J connectivity index is 1.68. The lowest BCUT2D eigenvalue weighted by Gasteiger charge is -2.24. The summed E-state index contributed by atoms with van der Waals surface area (Å²) in [5, 5.41) is 12.6. The van der Waals surface area contributed by atoms with Crippen molar-refractivity contribution in [1.82, 2.24) is 14.4 Å². The predicted octanol–water partition coefficient (Wildman–Crippen LogP) is 3.51. The van der Waals surface area contributed by atoms with Crippen LogP contribution in [0.15, 0.2) is 42.9 Å². The molecule has 0 aliphatic heterocycles. The number of aliphatic hydroxyl groups is 1. The van der Waals surface area contributed by atoms with Crippen LogP contribution < -0.4 is 10.1 Å². The van der Waals surface area contributed by atoms with Gasteiger partial charge in [-0.05, 0) is 37.1 Å². The molecule has 0 spiro atoms. The summed E-state index contributed by atoms with van der Waals surface area (Å²) in [6.07, 6.45) is 11.8. The summed E-state index contributed by atoms with van der Waals surface area (Å²) >= 11 is 0. The topological polar surface area (TPSA) is 71.7 Å². The van der Waals surface area contributed by atoms with Gasteiger partial charge in [-0.1, -0.05) is 19.3 Å². The van der Waals surface area contributed by atoms with Crippen molar-refractivity contribution in [3.05, 3.63) is 42.9 Å². The van der Waals surface area contributed by atoms with Crippen molar-refractivity contribution in [3.8, 4) is 17.0 Å². The van der Waals surface area contributed by atoms with Crippen molar-refractivity contribution in [2.75, 3.05) is 18.5 Å². The van der Waals surface area contributed by atoms with Gasteiger partial charge in [0.15, 0.2) is 5.65 Å². The third-order valence-electron chi connectivity index (χ3n) is 4.86. The lowest BCUT2D eigenvalue weighted by Crippen LogP contribution is -2.23. The van der Waals surface area contributed by atoms with Gasteiger partial charge < -0.3 is 15.2 Å². The second-order valence-corrected chi connectivity index (χ2v) is 6.69. The van der Waals surface area contributed by atoms with Crippen LogP contribution in [0.25, 0.3) is 16.9 Å². The summed E-state index contributed by atoms with van der Waals surface area (Å²) < 4.78 is 7.53. The number of ether oxygens (including phenoxy) is 1. The van der Waals surface area contributed by atoms with E-state index in [9.17, 15) is 0 Å². The summed E-state index contributed by atoms with van der Waals surface area (Å²) in [5.41, 5.74) is 2.79. The minimum absolute atomic E-state index is 0.0106. The molecule has 1 saturated carbocycles. The van der Waals surface area contributed by atoms with Gasteiger partial charge in [-0.3, -0.25) is 9.38 Å². The molecular weight excluding hydrogens is 328 g/mol. The van der Waals surface area contributed by atoms with E-state index in [2.05, 4.69) is 14.7 Å². The second kappa shape index (κ2) is 7.74. The number of anilines is 1. The fraction of sp³-hybridized carbons (Fsp3) is 0.400. The van der Waals surface area contributed by atoms with Crippen LogP contribution in [0.5, 0.6) is 5.75 Å². The maximum Gasteiger partial charge on any atom is 0.157 e. The van der Waals surface area contributed by atoms with Crippen LogP contribution in [0.4, 0.5) is 5.82 Å². The molecular formula is C20H24N4O2. The molecule has 1 fully saturated rings. The average molecular weight is 352 g/mol. The molecule has 1 aromatic carbocycles. The zero-order valence-corrected chi connectivity index (χ0v) is 14.8. The third-order valence-corrected chi connectivity index (χ3v) is 4.86. The minimum atomic E-state index is 0.0106. The Morgan fingerprint density at radius 2 is 1.96 bits per heavy atom. The van der Waals surface area contributed by atoms with Gasteiger partial charge >= 0.3 is 0 Å². The zero-order valence-electron chi connectivity index (χ0n) is 14.8. The van der Waals surface area contributed by atoms with Crippen LogP contribution in [0, 0.1) is 0 Å². The lowest BCUT2D eigenvalue weighted by molar-refractivity contribution is 0.201. The van der Waals surface area contributed by atoms with Crippen molar-refractivity contribution in [3.63, 3.8) is 0 Å². The maximum absolute atomic E-state index is 8.88. The Kier molecular flexibility index (Phi) is 5.02. The molecule has 0 bridgehead atoms. The van der Waals surface area contributed by atoms with Crippen LogP contribution in [0.2, 0.25) is 0 Å². The number of imidazole rings is 1. The highest BCUT2D eigenvalue weighted by molar-refractivity contribution is 5.76. The number of nitrogens with zero attached hydrogens (tertiary/aromatic N) is 3. The summed E-state index contributed by atoms with van der Waals surface area (Å²) in [4.78, 5) is 9.00. The zero-order chi connectivity index (χ0) is 17.8. The smallest absolute Gasteiger partial charge is 0.157 e. The molecule has 136 valence electrons. The average Bonchev–Trinajstić information content (AvgIpc) is 3.06. The first-order valence-corrected chi connectivity index (χ1v) is 9.28. The van der Waals surface area contributed by atoms with Gasteiger partial charge in [0, 0.05) is 24.0 Å². The van der Waals surface area contributed by atoms with E-state index in [1.165, 1.54) is 32.1 Å². The Morgan fingerprint density at radius 3 is 2.73 bits per heavy atom. The quantitative estimate of drug-likeness (QED) is 0.710. The first-order chi connectivity index (χ1) is 12.8. The first kappa shape index (κ1) is 16.8. The van der Waals surface area contributed by atoms with E-state index < -0.39 is 0 Å². The van der Waals surface area contributed by atoms with Crippen LogP contribution in [-0.4, -0.2) is 38.7 Å². The molecule has 0 radical (unpaired) electrons. The predicted molar refractivity (Wildman–Crippen MR) is 101 cm³/mol. The molecule has 6 heteroatoms. The van der Waals surface area contributed by atoms with Gasteiger partial charge in [0.2, 0.25) is 0 Å². The van der Waals surface area contributed by atoms with Crippen molar-refractivity contribution in [2.24, 2.45) is 0 Å². The van der Waals surface area contributed by atoms with Crippen LogP contribution in [-0.2, 0) is 0 Å². The maximum atomic E-state index is 8.88. The molecule has 4 rings (SSSR count). The number of rotatable bonds is 6. The number of hydrogen-bond acceptors (Lipinski definition) is 5. The summed E-state index contributed by atoms with van der Waals surface area (Å²) in [6.45, 7) is 0.310. The Labute approximate surface area is 152 Å². The van der Waals surface area contributed by atoms with Crippen molar-refractivity contribution < 1.29 is 9.84 Å².